The number of benzene rings is 1. The smallest absolute Gasteiger partial charge is 0.336 e. The van der Waals surface area contributed by atoms with Gasteiger partial charge in [-0.3, -0.25) is 0 Å². The molecule has 15 heavy (non-hydrogen) atoms. The predicted octanol–water partition coefficient (Wildman–Crippen LogP) is 2.98. The van der Waals surface area contributed by atoms with E-state index < -0.39 is 11.4 Å². The Morgan fingerprint density at radius 2 is 2.20 bits per heavy atom. The third kappa shape index (κ3) is 1.63. The maximum atomic E-state index is 13.6. The molecule has 0 aliphatic carbocycles. The van der Waals surface area contributed by atoms with E-state index in [1.165, 1.54) is 6.07 Å². The van der Waals surface area contributed by atoms with Gasteiger partial charge in [0.25, 0.3) is 0 Å². The third-order valence-electron chi connectivity index (χ3n) is 2.27. The van der Waals surface area contributed by atoms with Crippen molar-refractivity contribution >= 4 is 22.6 Å². The molecule has 0 N–H and O–H groups in total. The second kappa shape index (κ2) is 3.66. The molecular weight excluding hydrogens is 219 g/mol. The molecule has 0 aliphatic heterocycles. The first-order valence-electron chi connectivity index (χ1n) is 4.41. The summed E-state index contributed by atoms with van der Waals surface area (Å²) in [6, 6.07) is 4.62. The van der Waals surface area contributed by atoms with E-state index in [9.17, 15) is 9.18 Å². The minimum Gasteiger partial charge on any atom is -0.420 e. The van der Waals surface area contributed by atoms with Crippen molar-refractivity contribution in [1.82, 2.24) is 0 Å². The highest BCUT2D eigenvalue weighted by atomic mass is 35.5. The Hall–Kier alpha value is -1.35. The second-order valence-corrected chi connectivity index (χ2v) is 3.56. The summed E-state index contributed by atoms with van der Waals surface area (Å²) < 4.78 is 18.4. The lowest BCUT2D eigenvalue weighted by Gasteiger charge is -2.04. The van der Waals surface area contributed by atoms with Gasteiger partial charge in [-0.2, -0.15) is 0 Å². The van der Waals surface area contributed by atoms with Crippen molar-refractivity contribution in [2.24, 2.45) is 0 Å². The molecule has 4 heteroatoms. The molecule has 2 nitrogen and oxygen atoms in total. The molecule has 0 spiro atoms. The third-order valence-corrected chi connectivity index (χ3v) is 2.56. The molecular formula is C11H8ClFO2. The maximum absolute atomic E-state index is 13.6. The summed E-state index contributed by atoms with van der Waals surface area (Å²) in [6.45, 7) is 1.61. The molecule has 0 atom stereocenters. The van der Waals surface area contributed by atoms with Crippen LogP contribution < -0.4 is 5.63 Å². The molecule has 2 aromatic rings. The van der Waals surface area contributed by atoms with Crippen molar-refractivity contribution in [3.63, 3.8) is 0 Å². The molecule has 0 saturated heterocycles. The highest BCUT2D eigenvalue weighted by Gasteiger charge is 2.10. The Balaban J connectivity index is 2.96. The number of alkyl halides is 1. The van der Waals surface area contributed by atoms with Gasteiger partial charge in [0.05, 0.1) is 0 Å². The SMILES string of the molecule is Cc1ccc2c(CCl)cc(=O)oc2c1F. The zero-order valence-electron chi connectivity index (χ0n) is 8.01. The van der Waals surface area contributed by atoms with Crippen LogP contribution >= 0.6 is 11.6 Å². The first-order chi connectivity index (χ1) is 7.13. The number of hydrogen-bond donors (Lipinski definition) is 0. The van der Waals surface area contributed by atoms with Gasteiger partial charge < -0.3 is 4.42 Å². The summed E-state index contributed by atoms with van der Waals surface area (Å²) in [6.07, 6.45) is 0. The number of halogens is 2. The van der Waals surface area contributed by atoms with Gasteiger partial charge in [-0.25, -0.2) is 9.18 Å². The van der Waals surface area contributed by atoms with Gasteiger partial charge in [-0.1, -0.05) is 12.1 Å². The molecule has 1 aromatic carbocycles. The van der Waals surface area contributed by atoms with E-state index in [1.54, 1.807) is 19.1 Å². The highest BCUT2D eigenvalue weighted by molar-refractivity contribution is 6.17. The van der Waals surface area contributed by atoms with Gasteiger partial charge in [0.1, 0.15) is 0 Å². The number of fused-ring (bicyclic) bond motifs is 1. The molecule has 0 aliphatic rings. The molecule has 0 unspecified atom stereocenters. The lowest BCUT2D eigenvalue weighted by molar-refractivity contribution is 0.520. The van der Waals surface area contributed by atoms with Gasteiger partial charge in [0, 0.05) is 17.3 Å². The largest absolute Gasteiger partial charge is 0.420 e. The summed E-state index contributed by atoms with van der Waals surface area (Å²) in [5, 5.41) is 0.549. The van der Waals surface area contributed by atoms with Crippen LogP contribution in [0.2, 0.25) is 0 Å². The molecule has 0 radical (unpaired) electrons. The summed E-state index contributed by atoms with van der Waals surface area (Å²) in [7, 11) is 0. The molecule has 2 rings (SSSR count). The Morgan fingerprint density at radius 3 is 2.87 bits per heavy atom. The van der Waals surface area contributed by atoms with E-state index in [2.05, 4.69) is 0 Å². The van der Waals surface area contributed by atoms with E-state index in [0.29, 0.717) is 16.5 Å². The Bertz CT molecular complexity index is 575. The van der Waals surface area contributed by atoms with Crippen molar-refractivity contribution in [1.29, 1.82) is 0 Å². The monoisotopic (exact) mass is 226 g/mol. The molecule has 0 fully saturated rings. The van der Waals surface area contributed by atoms with E-state index >= 15 is 0 Å². The number of rotatable bonds is 1. The summed E-state index contributed by atoms with van der Waals surface area (Å²) in [5.41, 5.74) is 0.431. The topological polar surface area (TPSA) is 30.2 Å². The number of hydrogen-bond acceptors (Lipinski definition) is 2. The second-order valence-electron chi connectivity index (χ2n) is 3.30. The van der Waals surface area contributed by atoms with Crippen LogP contribution in [0.3, 0.4) is 0 Å². The fourth-order valence-electron chi connectivity index (χ4n) is 1.47. The van der Waals surface area contributed by atoms with Gasteiger partial charge in [0.15, 0.2) is 11.4 Å². The maximum Gasteiger partial charge on any atom is 0.336 e. The van der Waals surface area contributed by atoms with Crippen LogP contribution in [0.15, 0.2) is 27.4 Å². The summed E-state index contributed by atoms with van der Waals surface area (Å²) >= 11 is 5.67. The minimum absolute atomic E-state index is 0.0156. The standard InChI is InChI=1S/C11H8ClFO2/c1-6-2-3-8-7(5-12)4-9(14)15-11(8)10(6)13/h2-4H,5H2,1H3. The van der Waals surface area contributed by atoms with Crippen LogP contribution in [0, 0.1) is 12.7 Å². The van der Waals surface area contributed by atoms with Gasteiger partial charge >= 0.3 is 5.63 Å². The van der Waals surface area contributed by atoms with E-state index in [-0.39, 0.29) is 11.5 Å². The van der Waals surface area contributed by atoms with Gasteiger partial charge in [-0.15, -0.1) is 11.6 Å². The van der Waals surface area contributed by atoms with E-state index in [1.807, 2.05) is 0 Å². The first-order valence-corrected chi connectivity index (χ1v) is 4.94. The molecule has 0 bridgehead atoms. The Morgan fingerprint density at radius 1 is 1.47 bits per heavy atom. The van der Waals surface area contributed by atoms with E-state index in [0.717, 1.165) is 0 Å². The van der Waals surface area contributed by atoms with Crippen LogP contribution in [-0.4, -0.2) is 0 Å². The average Bonchev–Trinajstić information content (AvgIpc) is 2.23. The fraction of sp³-hybridized carbons (Fsp3) is 0.182. The van der Waals surface area contributed by atoms with E-state index in [4.69, 9.17) is 16.0 Å². The fourth-order valence-corrected chi connectivity index (χ4v) is 1.69. The van der Waals surface area contributed by atoms with Crippen LogP contribution in [0.5, 0.6) is 0 Å². The zero-order valence-corrected chi connectivity index (χ0v) is 8.77. The Labute approximate surface area is 90.3 Å². The summed E-state index contributed by atoms with van der Waals surface area (Å²) in [5.74, 6) is -0.346. The van der Waals surface area contributed by atoms with Crippen LogP contribution in [0.4, 0.5) is 4.39 Å². The molecule has 0 saturated carbocycles. The van der Waals surface area contributed by atoms with Crippen molar-refractivity contribution in [3.05, 3.63) is 45.6 Å². The molecule has 1 heterocycles. The van der Waals surface area contributed by atoms with Crippen molar-refractivity contribution in [3.8, 4) is 0 Å². The van der Waals surface area contributed by atoms with Crippen LogP contribution in [0.25, 0.3) is 11.0 Å². The van der Waals surface area contributed by atoms with Crippen LogP contribution in [0.1, 0.15) is 11.1 Å². The lowest BCUT2D eigenvalue weighted by Crippen LogP contribution is -2.01. The van der Waals surface area contributed by atoms with Gasteiger partial charge in [0.2, 0.25) is 0 Å². The molecule has 1 aromatic heterocycles. The zero-order chi connectivity index (χ0) is 11.0. The lowest BCUT2D eigenvalue weighted by atomic mass is 10.1. The van der Waals surface area contributed by atoms with Crippen molar-refractivity contribution in [2.75, 3.05) is 0 Å². The Kier molecular flexibility index (Phi) is 2.49. The quantitative estimate of drug-likeness (QED) is 0.553. The van der Waals surface area contributed by atoms with Gasteiger partial charge in [-0.05, 0) is 18.1 Å². The van der Waals surface area contributed by atoms with Crippen molar-refractivity contribution < 1.29 is 8.81 Å². The molecule has 0 amide bonds. The summed E-state index contributed by atoms with van der Waals surface area (Å²) in [4.78, 5) is 11.1. The normalized spacial score (nSPS) is 10.9. The first kappa shape index (κ1) is 10.2. The average molecular weight is 227 g/mol. The minimum atomic E-state index is -0.581. The highest BCUT2D eigenvalue weighted by Crippen LogP contribution is 2.23. The predicted molar refractivity (Wildman–Crippen MR) is 56.7 cm³/mol. The van der Waals surface area contributed by atoms with Crippen LogP contribution in [-0.2, 0) is 5.88 Å². The number of aryl methyl sites for hydroxylation is 1. The molecule has 78 valence electrons. The van der Waals surface area contributed by atoms with Crippen molar-refractivity contribution in [2.45, 2.75) is 12.8 Å².